The normalized spacial score (nSPS) is 29.3. The van der Waals surface area contributed by atoms with Crippen molar-refractivity contribution in [2.75, 3.05) is 19.7 Å². The predicted molar refractivity (Wildman–Crippen MR) is 61.4 cm³/mol. The largest absolute Gasteiger partial charge is 0.396 e. The Morgan fingerprint density at radius 2 is 2.44 bits per heavy atom. The molecule has 1 fully saturated rings. The maximum atomic E-state index is 9.19. The number of aryl methyl sites for hydroxylation is 1. The first-order valence-electron chi connectivity index (χ1n) is 6.24. The van der Waals surface area contributed by atoms with E-state index in [1.165, 1.54) is 17.9 Å². The summed E-state index contributed by atoms with van der Waals surface area (Å²) in [5.41, 5.74) is 1.25. The van der Waals surface area contributed by atoms with E-state index >= 15 is 0 Å². The van der Waals surface area contributed by atoms with Gasteiger partial charge in [-0.3, -0.25) is 0 Å². The molecule has 0 amide bonds. The van der Waals surface area contributed by atoms with E-state index in [4.69, 9.17) is 4.98 Å². The van der Waals surface area contributed by atoms with Gasteiger partial charge < -0.3 is 15.0 Å². The molecule has 2 aliphatic heterocycles. The van der Waals surface area contributed by atoms with E-state index < -0.39 is 0 Å². The second kappa shape index (κ2) is 4.18. The highest BCUT2D eigenvalue weighted by atomic mass is 16.3. The summed E-state index contributed by atoms with van der Waals surface area (Å²) in [4.78, 5) is 4.74. The molecule has 2 N–H and O–H groups in total. The zero-order chi connectivity index (χ0) is 11.0. The molecule has 0 bridgehead atoms. The first-order valence-corrected chi connectivity index (χ1v) is 6.24. The van der Waals surface area contributed by atoms with Gasteiger partial charge >= 0.3 is 0 Å². The van der Waals surface area contributed by atoms with E-state index in [9.17, 15) is 5.11 Å². The van der Waals surface area contributed by atoms with E-state index in [1.807, 2.05) is 0 Å². The third-order valence-electron chi connectivity index (χ3n) is 3.86. The van der Waals surface area contributed by atoms with Crippen LogP contribution < -0.4 is 5.32 Å². The lowest BCUT2D eigenvalue weighted by molar-refractivity contribution is 0.199. The summed E-state index contributed by atoms with van der Waals surface area (Å²) in [6.45, 7) is 3.51. The molecule has 1 aromatic rings. The number of hydrogen-bond acceptors (Lipinski definition) is 3. The minimum atomic E-state index is 0.299. The maximum absolute atomic E-state index is 9.19. The third kappa shape index (κ3) is 1.76. The highest BCUT2D eigenvalue weighted by Gasteiger charge is 2.24. The lowest BCUT2D eigenvalue weighted by atomic mass is 9.99. The first-order chi connectivity index (χ1) is 7.86. The van der Waals surface area contributed by atoms with E-state index in [0.29, 0.717) is 18.4 Å². The van der Waals surface area contributed by atoms with Gasteiger partial charge in [-0.15, -0.1) is 0 Å². The highest BCUT2D eigenvalue weighted by Crippen LogP contribution is 2.25. The Bertz CT molecular complexity index is 368. The molecule has 3 heterocycles. The molecule has 0 spiro atoms. The molecule has 1 saturated heterocycles. The van der Waals surface area contributed by atoms with Crippen molar-refractivity contribution in [1.29, 1.82) is 0 Å². The molecule has 2 unspecified atom stereocenters. The number of rotatable bonds is 2. The van der Waals surface area contributed by atoms with Gasteiger partial charge in [-0.1, -0.05) is 0 Å². The summed E-state index contributed by atoms with van der Waals surface area (Å²) < 4.78 is 2.28. The maximum Gasteiger partial charge on any atom is 0.109 e. The highest BCUT2D eigenvalue weighted by molar-refractivity contribution is 5.13. The van der Waals surface area contributed by atoms with Crippen LogP contribution in [0.15, 0.2) is 6.20 Å². The average Bonchev–Trinajstić information content (AvgIpc) is 2.96. The number of aromatic nitrogens is 2. The van der Waals surface area contributed by atoms with Crippen molar-refractivity contribution in [3.63, 3.8) is 0 Å². The fourth-order valence-electron chi connectivity index (χ4n) is 2.77. The number of hydrogen-bond donors (Lipinski definition) is 2. The Labute approximate surface area is 95.7 Å². The summed E-state index contributed by atoms with van der Waals surface area (Å²) in [6, 6.07) is 0. The second-order valence-corrected chi connectivity index (χ2v) is 5.01. The average molecular weight is 221 g/mol. The molecule has 0 aromatic carbocycles. The molecule has 0 saturated carbocycles. The van der Waals surface area contributed by atoms with Gasteiger partial charge in [-0.25, -0.2) is 4.98 Å². The van der Waals surface area contributed by atoms with Crippen LogP contribution in [-0.2, 0) is 13.0 Å². The minimum absolute atomic E-state index is 0.299. The van der Waals surface area contributed by atoms with Crippen LogP contribution in [0.5, 0.6) is 0 Å². The zero-order valence-electron chi connectivity index (χ0n) is 9.52. The van der Waals surface area contributed by atoms with Crippen molar-refractivity contribution in [2.24, 2.45) is 5.92 Å². The van der Waals surface area contributed by atoms with Gasteiger partial charge in [0.05, 0.1) is 5.69 Å². The Morgan fingerprint density at radius 1 is 1.50 bits per heavy atom. The lowest BCUT2D eigenvalue weighted by Crippen LogP contribution is -2.21. The predicted octanol–water partition coefficient (Wildman–Crippen LogP) is 0.515. The van der Waals surface area contributed by atoms with Gasteiger partial charge in [-0.05, 0) is 25.3 Å². The van der Waals surface area contributed by atoms with Gasteiger partial charge in [-0.2, -0.15) is 0 Å². The van der Waals surface area contributed by atoms with Gasteiger partial charge in [0.25, 0.3) is 0 Å². The topological polar surface area (TPSA) is 50.1 Å². The Kier molecular flexibility index (Phi) is 2.69. The molecular formula is C12H19N3O. The van der Waals surface area contributed by atoms with Crippen molar-refractivity contribution >= 4 is 0 Å². The molecule has 0 radical (unpaired) electrons. The van der Waals surface area contributed by atoms with E-state index in [-0.39, 0.29) is 0 Å². The number of aliphatic hydroxyl groups is 1. The number of imidazole rings is 1. The van der Waals surface area contributed by atoms with Crippen LogP contribution >= 0.6 is 0 Å². The van der Waals surface area contributed by atoms with Crippen LogP contribution in [0.4, 0.5) is 0 Å². The molecular weight excluding hydrogens is 202 g/mol. The molecule has 1 aromatic heterocycles. The van der Waals surface area contributed by atoms with Crippen LogP contribution in [0.3, 0.4) is 0 Å². The van der Waals surface area contributed by atoms with Gasteiger partial charge in [0.1, 0.15) is 5.82 Å². The Hall–Kier alpha value is -0.870. The number of fused-ring (bicyclic) bond motifs is 1. The molecule has 3 rings (SSSR count). The van der Waals surface area contributed by atoms with Crippen molar-refractivity contribution in [3.05, 3.63) is 17.7 Å². The second-order valence-electron chi connectivity index (χ2n) is 5.01. The fraction of sp³-hybridized carbons (Fsp3) is 0.750. The number of nitrogens with one attached hydrogen (secondary N) is 1. The minimum Gasteiger partial charge on any atom is -0.396 e. The molecule has 2 atom stereocenters. The van der Waals surface area contributed by atoms with Gasteiger partial charge in [0.2, 0.25) is 0 Å². The van der Waals surface area contributed by atoms with Gasteiger partial charge in [0.15, 0.2) is 0 Å². The van der Waals surface area contributed by atoms with Crippen molar-refractivity contribution in [2.45, 2.75) is 31.7 Å². The number of aliphatic hydroxyl groups excluding tert-OH is 1. The van der Waals surface area contributed by atoms with Crippen LogP contribution in [0.1, 0.15) is 30.3 Å². The zero-order valence-corrected chi connectivity index (χ0v) is 9.52. The fourth-order valence-corrected chi connectivity index (χ4v) is 2.77. The summed E-state index contributed by atoms with van der Waals surface area (Å²) in [6.07, 6.45) is 5.46. The molecule has 4 nitrogen and oxygen atoms in total. The third-order valence-corrected chi connectivity index (χ3v) is 3.86. The van der Waals surface area contributed by atoms with Crippen molar-refractivity contribution in [3.8, 4) is 0 Å². The molecule has 2 aliphatic rings. The summed E-state index contributed by atoms with van der Waals surface area (Å²) in [5.74, 6) is 2.20. The Balaban J connectivity index is 1.80. The quantitative estimate of drug-likeness (QED) is 0.765. The van der Waals surface area contributed by atoms with E-state index in [2.05, 4.69) is 16.1 Å². The molecule has 16 heavy (non-hydrogen) atoms. The van der Waals surface area contributed by atoms with Gasteiger partial charge in [0, 0.05) is 38.2 Å². The summed E-state index contributed by atoms with van der Waals surface area (Å²) >= 11 is 0. The smallest absolute Gasteiger partial charge is 0.109 e. The van der Waals surface area contributed by atoms with Crippen LogP contribution in [0, 0.1) is 5.92 Å². The summed E-state index contributed by atoms with van der Waals surface area (Å²) in [7, 11) is 0. The van der Waals surface area contributed by atoms with Crippen LogP contribution in [-0.4, -0.2) is 34.4 Å². The molecule has 88 valence electrons. The lowest BCUT2D eigenvalue weighted by Gasteiger charge is -2.20. The SMILES string of the molecule is OCC1CCn2cc(C3CCNC3)nc2C1. The first kappa shape index (κ1) is 10.3. The summed E-state index contributed by atoms with van der Waals surface area (Å²) in [5, 5.41) is 12.6. The van der Waals surface area contributed by atoms with Crippen molar-refractivity contribution < 1.29 is 5.11 Å². The molecule has 0 aliphatic carbocycles. The van der Waals surface area contributed by atoms with Crippen molar-refractivity contribution in [1.82, 2.24) is 14.9 Å². The standard InChI is InChI=1S/C12H19N3O/c16-8-9-2-4-15-7-11(14-12(15)5-9)10-1-3-13-6-10/h7,9-10,13,16H,1-6,8H2. The Morgan fingerprint density at radius 3 is 3.19 bits per heavy atom. The van der Waals surface area contributed by atoms with E-state index in [1.54, 1.807) is 0 Å². The number of nitrogens with zero attached hydrogens (tertiary/aromatic N) is 2. The van der Waals surface area contributed by atoms with Crippen LogP contribution in [0.2, 0.25) is 0 Å². The molecule has 4 heteroatoms. The van der Waals surface area contributed by atoms with Crippen LogP contribution in [0.25, 0.3) is 0 Å². The monoisotopic (exact) mass is 221 g/mol. The van der Waals surface area contributed by atoms with E-state index in [0.717, 1.165) is 32.5 Å².